The highest BCUT2D eigenvalue weighted by atomic mass is 79.9. The van der Waals surface area contributed by atoms with Gasteiger partial charge >= 0.3 is 0 Å². The standard InChI is InChI=1S/C12H17BrClN/c1-9(13)6-10(2)15-8-11-4-3-5-12(14)7-11/h3-5,7,9-10,15H,6,8H2,1-2H3. The van der Waals surface area contributed by atoms with Gasteiger partial charge in [0.05, 0.1) is 0 Å². The van der Waals surface area contributed by atoms with Gasteiger partial charge < -0.3 is 5.32 Å². The molecular weight excluding hydrogens is 273 g/mol. The van der Waals surface area contributed by atoms with Crippen molar-refractivity contribution in [2.75, 3.05) is 0 Å². The lowest BCUT2D eigenvalue weighted by Crippen LogP contribution is -2.27. The number of alkyl halides is 1. The van der Waals surface area contributed by atoms with E-state index in [-0.39, 0.29) is 0 Å². The van der Waals surface area contributed by atoms with Crippen molar-refractivity contribution in [2.45, 2.75) is 37.7 Å². The normalized spacial score (nSPS) is 14.9. The van der Waals surface area contributed by atoms with Gasteiger partial charge in [-0.15, -0.1) is 0 Å². The van der Waals surface area contributed by atoms with Gasteiger partial charge in [0.25, 0.3) is 0 Å². The summed E-state index contributed by atoms with van der Waals surface area (Å²) in [6.45, 7) is 5.24. The maximum Gasteiger partial charge on any atom is 0.0409 e. The highest BCUT2D eigenvalue weighted by Crippen LogP contribution is 2.11. The van der Waals surface area contributed by atoms with E-state index in [1.807, 2.05) is 18.2 Å². The van der Waals surface area contributed by atoms with Crippen molar-refractivity contribution in [3.05, 3.63) is 34.9 Å². The molecule has 0 saturated carbocycles. The SMILES string of the molecule is CC(Br)CC(C)NCc1cccc(Cl)c1. The Hall–Kier alpha value is -0.0500. The monoisotopic (exact) mass is 289 g/mol. The fourth-order valence-electron chi connectivity index (χ4n) is 1.51. The Morgan fingerprint density at radius 3 is 2.73 bits per heavy atom. The van der Waals surface area contributed by atoms with E-state index in [0.717, 1.165) is 18.0 Å². The number of hydrogen-bond donors (Lipinski definition) is 1. The summed E-state index contributed by atoms with van der Waals surface area (Å²) in [5.41, 5.74) is 1.23. The summed E-state index contributed by atoms with van der Waals surface area (Å²) in [7, 11) is 0. The first-order chi connectivity index (χ1) is 7.08. The van der Waals surface area contributed by atoms with Crippen LogP contribution in [0.2, 0.25) is 5.02 Å². The van der Waals surface area contributed by atoms with E-state index in [2.05, 4.69) is 41.2 Å². The Balaban J connectivity index is 2.36. The highest BCUT2D eigenvalue weighted by Gasteiger charge is 2.05. The van der Waals surface area contributed by atoms with E-state index in [1.165, 1.54) is 5.56 Å². The molecule has 0 radical (unpaired) electrons. The third-order valence-electron chi connectivity index (χ3n) is 2.22. The van der Waals surface area contributed by atoms with E-state index < -0.39 is 0 Å². The Bertz CT molecular complexity index is 301. The number of benzene rings is 1. The molecule has 2 atom stereocenters. The second-order valence-corrected chi connectivity index (χ2v) is 5.93. The molecule has 0 bridgehead atoms. The van der Waals surface area contributed by atoms with Crippen LogP contribution in [0.15, 0.2) is 24.3 Å². The second-order valence-electron chi connectivity index (χ2n) is 3.93. The van der Waals surface area contributed by atoms with Crippen molar-refractivity contribution >= 4 is 27.5 Å². The van der Waals surface area contributed by atoms with Gasteiger partial charge in [-0.2, -0.15) is 0 Å². The number of nitrogens with one attached hydrogen (secondary N) is 1. The molecule has 1 N–H and O–H groups in total. The number of halogens is 2. The fourth-order valence-corrected chi connectivity index (χ4v) is 2.28. The minimum atomic E-state index is 0.512. The first kappa shape index (κ1) is 13.0. The number of rotatable bonds is 5. The summed E-state index contributed by atoms with van der Waals surface area (Å²) >= 11 is 9.46. The summed E-state index contributed by atoms with van der Waals surface area (Å²) in [6, 6.07) is 8.48. The van der Waals surface area contributed by atoms with Gasteiger partial charge in [-0.3, -0.25) is 0 Å². The predicted molar refractivity (Wildman–Crippen MR) is 70.8 cm³/mol. The molecule has 0 aliphatic rings. The van der Waals surface area contributed by atoms with Gasteiger partial charge in [-0.25, -0.2) is 0 Å². The molecular formula is C12H17BrClN. The van der Waals surface area contributed by atoms with E-state index in [4.69, 9.17) is 11.6 Å². The smallest absolute Gasteiger partial charge is 0.0409 e. The third-order valence-corrected chi connectivity index (χ3v) is 2.83. The number of hydrogen-bond acceptors (Lipinski definition) is 1. The first-order valence-electron chi connectivity index (χ1n) is 5.20. The lowest BCUT2D eigenvalue weighted by molar-refractivity contribution is 0.516. The van der Waals surface area contributed by atoms with Crippen LogP contribution in [-0.4, -0.2) is 10.9 Å². The minimum Gasteiger partial charge on any atom is -0.310 e. The zero-order chi connectivity index (χ0) is 11.3. The average Bonchev–Trinajstić information content (AvgIpc) is 2.14. The topological polar surface area (TPSA) is 12.0 Å². The van der Waals surface area contributed by atoms with Crippen LogP contribution in [0, 0.1) is 0 Å². The first-order valence-corrected chi connectivity index (χ1v) is 6.49. The van der Waals surface area contributed by atoms with Crippen molar-refractivity contribution < 1.29 is 0 Å². The van der Waals surface area contributed by atoms with E-state index in [9.17, 15) is 0 Å². The third kappa shape index (κ3) is 5.55. The van der Waals surface area contributed by atoms with Crippen molar-refractivity contribution in [3.8, 4) is 0 Å². The fraction of sp³-hybridized carbons (Fsp3) is 0.500. The van der Waals surface area contributed by atoms with Gasteiger partial charge in [0, 0.05) is 22.4 Å². The van der Waals surface area contributed by atoms with Gasteiger partial charge in [-0.05, 0) is 31.0 Å². The minimum absolute atomic E-state index is 0.512. The van der Waals surface area contributed by atoms with Crippen LogP contribution in [0.4, 0.5) is 0 Å². The van der Waals surface area contributed by atoms with Crippen LogP contribution in [0.5, 0.6) is 0 Å². The van der Waals surface area contributed by atoms with E-state index >= 15 is 0 Å². The molecule has 3 heteroatoms. The Labute approximate surface area is 105 Å². The molecule has 1 aromatic rings. The molecule has 1 nitrogen and oxygen atoms in total. The molecule has 0 heterocycles. The molecule has 0 aliphatic carbocycles. The molecule has 15 heavy (non-hydrogen) atoms. The van der Waals surface area contributed by atoms with Gasteiger partial charge in [0.2, 0.25) is 0 Å². The molecule has 0 amide bonds. The maximum absolute atomic E-state index is 5.91. The largest absolute Gasteiger partial charge is 0.310 e. The van der Waals surface area contributed by atoms with Crippen molar-refractivity contribution in [3.63, 3.8) is 0 Å². The van der Waals surface area contributed by atoms with Crippen LogP contribution in [-0.2, 0) is 6.54 Å². The summed E-state index contributed by atoms with van der Waals surface area (Å²) in [5.74, 6) is 0. The lowest BCUT2D eigenvalue weighted by Gasteiger charge is -2.15. The second kappa shape index (κ2) is 6.51. The van der Waals surface area contributed by atoms with E-state index in [1.54, 1.807) is 0 Å². The van der Waals surface area contributed by atoms with Crippen LogP contribution >= 0.6 is 27.5 Å². The zero-order valence-corrected chi connectivity index (χ0v) is 11.5. The molecule has 0 spiro atoms. The quantitative estimate of drug-likeness (QED) is 0.809. The molecule has 2 unspecified atom stereocenters. The van der Waals surface area contributed by atoms with Gasteiger partial charge in [0.1, 0.15) is 0 Å². The maximum atomic E-state index is 5.91. The molecule has 0 saturated heterocycles. The van der Waals surface area contributed by atoms with Crippen molar-refractivity contribution in [1.82, 2.24) is 5.32 Å². The lowest BCUT2D eigenvalue weighted by atomic mass is 10.1. The van der Waals surface area contributed by atoms with Crippen molar-refractivity contribution in [2.24, 2.45) is 0 Å². The molecule has 84 valence electrons. The van der Waals surface area contributed by atoms with Crippen LogP contribution < -0.4 is 5.32 Å². The molecule has 0 aromatic heterocycles. The molecule has 0 aliphatic heterocycles. The average molecular weight is 291 g/mol. The Morgan fingerprint density at radius 2 is 2.13 bits per heavy atom. The van der Waals surface area contributed by atoms with Gasteiger partial charge in [-0.1, -0.05) is 46.6 Å². The van der Waals surface area contributed by atoms with Crippen LogP contribution in [0.25, 0.3) is 0 Å². The Kier molecular flexibility index (Phi) is 5.65. The summed E-state index contributed by atoms with van der Waals surface area (Å²) in [6.07, 6.45) is 1.13. The summed E-state index contributed by atoms with van der Waals surface area (Å²) < 4.78 is 0. The van der Waals surface area contributed by atoms with Crippen LogP contribution in [0.1, 0.15) is 25.8 Å². The molecule has 1 rings (SSSR count). The Morgan fingerprint density at radius 1 is 1.40 bits per heavy atom. The van der Waals surface area contributed by atoms with Gasteiger partial charge in [0.15, 0.2) is 0 Å². The van der Waals surface area contributed by atoms with Crippen molar-refractivity contribution in [1.29, 1.82) is 0 Å². The zero-order valence-electron chi connectivity index (χ0n) is 9.13. The molecule has 1 aromatic carbocycles. The highest BCUT2D eigenvalue weighted by molar-refractivity contribution is 9.09. The summed E-state index contributed by atoms with van der Waals surface area (Å²) in [4.78, 5) is 0.555. The van der Waals surface area contributed by atoms with Crippen LogP contribution in [0.3, 0.4) is 0 Å². The predicted octanol–water partition coefficient (Wildman–Crippen LogP) is 3.99. The van der Waals surface area contributed by atoms with E-state index in [0.29, 0.717) is 10.9 Å². The molecule has 0 fully saturated rings. The summed E-state index contributed by atoms with van der Waals surface area (Å²) in [5, 5.41) is 4.27.